The minimum Gasteiger partial charge on any atom is -0.396 e. The maximum atomic E-state index is 9.06. The summed E-state index contributed by atoms with van der Waals surface area (Å²) in [5.41, 5.74) is 5.49. The summed E-state index contributed by atoms with van der Waals surface area (Å²) in [5, 5.41) is 12.6. The molecule has 1 unspecified atom stereocenters. The van der Waals surface area contributed by atoms with Crippen LogP contribution in [0.25, 0.3) is 0 Å². The topological polar surface area (TPSA) is 32.3 Å². The summed E-state index contributed by atoms with van der Waals surface area (Å²) in [6.07, 6.45) is 3.29. The first-order chi connectivity index (χ1) is 9.08. The molecule has 0 radical (unpaired) electrons. The van der Waals surface area contributed by atoms with Gasteiger partial charge in [0, 0.05) is 13.2 Å². The van der Waals surface area contributed by atoms with Gasteiger partial charge < -0.3 is 10.4 Å². The molecule has 108 valence electrons. The molecule has 2 nitrogen and oxygen atoms in total. The van der Waals surface area contributed by atoms with E-state index in [1.165, 1.54) is 35.1 Å². The second kappa shape index (κ2) is 8.34. The molecule has 1 rings (SSSR count). The molecule has 1 atom stereocenters. The zero-order valence-electron chi connectivity index (χ0n) is 12.9. The lowest BCUT2D eigenvalue weighted by molar-refractivity contribution is 0.248. The SMILES string of the molecule is CCCC(CCO)CNCc1cc(C)c(C)cc1C. The second-order valence-corrected chi connectivity index (χ2v) is 5.66. The zero-order chi connectivity index (χ0) is 14.3. The van der Waals surface area contributed by atoms with Crippen LogP contribution in [0.2, 0.25) is 0 Å². The number of aliphatic hydroxyl groups excluding tert-OH is 1. The van der Waals surface area contributed by atoms with E-state index in [2.05, 4.69) is 45.1 Å². The number of aryl methyl sites for hydroxylation is 3. The largest absolute Gasteiger partial charge is 0.396 e. The van der Waals surface area contributed by atoms with Crippen LogP contribution in [0.1, 0.15) is 48.4 Å². The molecule has 2 heteroatoms. The van der Waals surface area contributed by atoms with Gasteiger partial charge in [0.2, 0.25) is 0 Å². The Balaban J connectivity index is 2.50. The fraction of sp³-hybridized carbons (Fsp3) is 0.647. The average molecular weight is 263 g/mol. The van der Waals surface area contributed by atoms with E-state index in [0.717, 1.165) is 19.5 Å². The first kappa shape index (κ1) is 16.2. The summed E-state index contributed by atoms with van der Waals surface area (Å²) in [6, 6.07) is 4.56. The molecule has 0 saturated heterocycles. The average Bonchev–Trinajstić information content (AvgIpc) is 2.36. The van der Waals surface area contributed by atoms with Crippen LogP contribution in [-0.4, -0.2) is 18.3 Å². The van der Waals surface area contributed by atoms with Crippen LogP contribution in [-0.2, 0) is 6.54 Å². The van der Waals surface area contributed by atoms with Crippen molar-refractivity contribution >= 4 is 0 Å². The van der Waals surface area contributed by atoms with Gasteiger partial charge in [-0.15, -0.1) is 0 Å². The highest BCUT2D eigenvalue weighted by Gasteiger charge is 2.07. The number of nitrogens with one attached hydrogen (secondary N) is 1. The monoisotopic (exact) mass is 263 g/mol. The van der Waals surface area contributed by atoms with Gasteiger partial charge in [-0.1, -0.05) is 25.5 Å². The smallest absolute Gasteiger partial charge is 0.0434 e. The van der Waals surface area contributed by atoms with Gasteiger partial charge in [-0.05, 0) is 68.3 Å². The number of rotatable bonds is 8. The maximum absolute atomic E-state index is 9.06. The van der Waals surface area contributed by atoms with Crippen LogP contribution < -0.4 is 5.32 Å². The third kappa shape index (κ3) is 5.33. The van der Waals surface area contributed by atoms with Crippen LogP contribution in [0.4, 0.5) is 0 Å². The van der Waals surface area contributed by atoms with Gasteiger partial charge in [-0.2, -0.15) is 0 Å². The van der Waals surface area contributed by atoms with Crippen LogP contribution in [0.15, 0.2) is 12.1 Å². The third-order valence-corrected chi connectivity index (χ3v) is 3.94. The Hall–Kier alpha value is -0.860. The Morgan fingerprint density at radius 2 is 1.74 bits per heavy atom. The fourth-order valence-electron chi connectivity index (χ4n) is 2.56. The van der Waals surface area contributed by atoms with E-state index < -0.39 is 0 Å². The molecule has 0 fully saturated rings. The van der Waals surface area contributed by atoms with Crippen LogP contribution in [0.3, 0.4) is 0 Å². The lowest BCUT2D eigenvalue weighted by Crippen LogP contribution is -2.23. The molecule has 0 amide bonds. The standard InChI is InChI=1S/C17H29NO/c1-5-6-16(7-8-19)11-18-12-17-10-14(3)13(2)9-15(17)4/h9-10,16,18-19H,5-8,11-12H2,1-4H3. The molecule has 19 heavy (non-hydrogen) atoms. The predicted molar refractivity (Wildman–Crippen MR) is 82.5 cm³/mol. The van der Waals surface area contributed by atoms with Crippen LogP contribution in [0.5, 0.6) is 0 Å². The minimum atomic E-state index is 0.301. The molecular formula is C17H29NO. The maximum Gasteiger partial charge on any atom is 0.0434 e. The first-order valence-corrected chi connectivity index (χ1v) is 7.46. The fourth-order valence-corrected chi connectivity index (χ4v) is 2.56. The van der Waals surface area contributed by atoms with Gasteiger partial charge in [0.05, 0.1) is 0 Å². The van der Waals surface area contributed by atoms with E-state index in [0.29, 0.717) is 12.5 Å². The van der Waals surface area contributed by atoms with Crippen molar-refractivity contribution < 1.29 is 5.11 Å². The molecule has 0 aromatic heterocycles. The molecule has 2 N–H and O–H groups in total. The van der Waals surface area contributed by atoms with E-state index in [1.807, 2.05) is 0 Å². The highest BCUT2D eigenvalue weighted by Crippen LogP contribution is 2.15. The number of hydrogen-bond donors (Lipinski definition) is 2. The lowest BCUT2D eigenvalue weighted by Gasteiger charge is -2.17. The van der Waals surface area contributed by atoms with Gasteiger partial charge in [0.15, 0.2) is 0 Å². The molecule has 0 aliphatic carbocycles. The van der Waals surface area contributed by atoms with Gasteiger partial charge in [0.25, 0.3) is 0 Å². The predicted octanol–water partition coefficient (Wildman–Crippen LogP) is 3.50. The molecular weight excluding hydrogens is 234 g/mol. The Labute approximate surface area is 118 Å². The lowest BCUT2D eigenvalue weighted by atomic mass is 9.99. The van der Waals surface area contributed by atoms with E-state index in [4.69, 9.17) is 5.11 Å². The zero-order valence-corrected chi connectivity index (χ0v) is 12.9. The van der Waals surface area contributed by atoms with Crippen LogP contribution >= 0.6 is 0 Å². The summed E-state index contributed by atoms with van der Waals surface area (Å²) >= 11 is 0. The van der Waals surface area contributed by atoms with Crippen molar-refractivity contribution in [2.45, 2.75) is 53.5 Å². The van der Waals surface area contributed by atoms with Crippen molar-refractivity contribution in [3.8, 4) is 0 Å². The summed E-state index contributed by atoms with van der Waals surface area (Å²) in [5.74, 6) is 0.599. The Bertz CT molecular complexity index is 381. The summed E-state index contributed by atoms with van der Waals surface area (Å²) < 4.78 is 0. The van der Waals surface area contributed by atoms with Gasteiger partial charge in [0.1, 0.15) is 0 Å². The molecule has 0 spiro atoms. The van der Waals surface area contributed by atoms with Gasteiger partial charge in [-0.3, -0.25) is 0 Å². The molecule has 0 heterocycles. The number of aliphatic hydroxyl groups is 1. The second-order valence-electron chi connectivity index (χ2n) is 5.66. The highest BCUT2D eigenvalue weighted by atomic mass is 16.3. The Morgan fingerprint density at radius 1 is 1.05 bits per heavy atom. The Morgan fingerprint density at radius 3 is 2.37 bits per heavy atom. The van der Waals surface area contributed by atoms with E-state index in [-0.39, 0.29) is 0 Å². The van der Waals surface area contributed by atoms with E-state index in [1.54, 1.807) is 0 Å². The first-order valence-electron chi connectivity index (χ1n) is 7.46. The summed E-state index contributed by atoms with van der Waals surface area (Å²) in [6.45, 7) is 11.0. The Kier molecular flexibility index (Phi) is 7.11. The van der Waals surface area contributed by atoms with Crippen LogP contribution in [0, 0.1) is 26.7 Å². The van der Waals surface area contributed by atoms with Crippen molar-refractivity contribution in [1.29, 1.82) is 0 Å². The minimum absolute atomic E-state index is 0.301. The summed E-state index contributed by atoms with van der Waals surface area (Å²) in [7, 11) is 0. The highest BCUT2D eigenvalue weighted by molar-refractivity contribution is 5.36. The van der Waals surface area contributed by atoms with Crippen molar-refractivity contribution in [2.75, 3.05) is 13.2 Å². The van der Waals surface area contributed by atoms with Crippen molar-refractivity contribution in [2.24, 2.45) is 5.92 Å². The van der Waals surface area contributed by atoms with Crippen molar-refractivity contribution in [1.82, 2.24) is 5.32 Å². The van der Waals surface area contributed by atoms with Crippen molar-refractivity contribution in [3.05, 3.63) is 34.4 Å². The molecule has 0 saturated carbocycles. The molecule has 0 aliphatic heterocycles. The quantitative estimate of drug-likeness (QED) is 0.752. The van der Waals surface area contributed by atoms with E-state index in [9.17, 15) is 0 Å². The molecule has 1 aromatic carbocycles. The summed E-state index contributed by atoms with van der Waals surface area (Å²) in [4.78, 5) is 0. The van der Waals surface area contributed by atoms with Gasteiger partial charge >= 0.3 is 0 Å². The third-order valence-electron chi connectivity index (χ3n) is 3.94. The number of benzene rings is 1. The molecule has 0 aliphatic rings. The van der Waals surface area contributed by atoms with E-state index >= 15 is 0 Å². The normalized spacial score (nSPS) is 12.7. The number of hydrogen-bond acceptors (Lipinski definition) is 2. The molecule has 1 aromatic rings. The van der Waals surface area contributed by atoms with Crippen molar-refractivity contribution in [3.63, 3.8) is 0 Å². The van der Waals surface area contributed by atoms with Gasteiger partial charge in [-0.25, -0.2) is 0 Å². The molecule has 0 bridgehead atoms.